The fourth-order valence-electron chi connectivity index (χ4n) is 4.18. The molecule has 2 unspecified atom stereocenters. The smallest absolute Gasteiger partial charge is 0.329 e. The van der Waals surface area contributed by atoms with Crippen LogP contribution in [0, 0.1) is 23.5 Å². The summed E-state index contributed by atoms with van der Waals surface area (Å²) in [7, 11) is 2.11. The molecule has 0 spiro atoms. The van der Waals surface area contributed by atoms with E-state index < -0.39 is 58.7 Å². The lowest BCUT2D eigenvalue weighted by Gasteiger charge is -2.26. The summed E-state index contributed by atoms with van der Waals surface area (Å²) in [5, 5.41) is 5.39. The van der Waals surface area contributed by atoms with E-state index in [4.69, 9.17) is 9.47 Å². The lowest BCUT2D eigenvalue weighted by Crippen LogP contribution is -2.45. The molecule has 0 aliphatic heterocycles. The summed E-state index contributed by atoms with van der Waals surface area (Å²) in [6, 6.07) is 5.41. The second kappa shape index (κ2) is 16.6. The number of rotatable bonds is 13. The van der Waals surface area contributed by atoms with E-state index in [9.17, 15) is 28.0 Å². The number of carbonyl (C=O) groups excluding carboxylic acids is 4. The largest absolute Gasteiger partial charge is 0.458 e. The summed E-state index contributed by atoms with van der Waals surface area (Å²) in [6.07, 6.45) is 0.616. The summed E-state index contributed by atoms with van der Waals surface area (Å²) in [5.41, 5.74) is -1.59. The standard InChI is InChI=1S/C34H46F2N2O6S2/c1-19(2)15-25(31(41)43-33(5,6)7)37-29(39)23-17-21(35)11-13-27(23)45-46-28-14-12-22(36)18-24(28)30(40)38-26(16-20(3)4)32(42)44-34(8,9)10/h11-14,17-20,25-26H,15-16H2,1-10H3,(H,37,39)(H,38,40). The minimum absolute atomic E-state index is 0.0233. The molecule has 8 nitrogen and oxygen atoms in total. The molecule has 0 aromatic heterocycles. The van der Waals surface area contributed by atoms with Crippen LogP contribution in [0.25, 0.3) is 0 Å². The highest BCUT2D eigenvalue weighted by Gasteiger charge is 2.30. The zero-order valence-corrected chi connectivity index (χ0v) is 29.8. The van der Waals surface area contributed by atoms with Crippen LogP contribution < -0.4 is 10.6 Å². The van der Waals surface area contributed by atoms with Crippen molar-refractivity contribution in [3.63, 3.8) is 0 Å². The Kier molecular flexibility index (Phi) is 14.1. The van der Waals surface area contributed by atoms with Crippen LogP contribution in [-0.2, 0) is 19.1 Å². The van der Waals surface area contributed by atoms with Crippen molar-refractivity contribution >= 4 is 45.3 Å². The highest BCUT2D eigenvalue weighted by atomic mass is 33.1. The van der Waals surface area contributed by atoms with E-state index in [-0.39, 0.29) is 23.0 Å². The van der Waals surface area contributed by atoms with Crippen molar-refractivity contribution in [2.24, 2.45) is 11.8 Å². The van der Waals surface area contributed by atoms with Gasteiger partial charge in [0.15, 0.2) is 0 Å². The van der Waals surface area contributed by atoms with Crippen LogP contribution in [-0.4, -0.2) is 47.0 Å². The molecule has 2 amide bonds. The zero-order valence-electron chi connectivity index (χ0n) is 28.2. The number of ether oxygens (including phenoxy) is 2. The van der Waals surface area contributed by atoms with Gasteiger partial charge in [-0.05, 0) is 103 Å². The molecule has 0 aliphatic carbocycles. The first-order valence-corrected chi connectivity index (χ1v) is 17.3. The van der Waals surface area contributed by atoms with Crippen LogP contribution in [0.4, 0.5) is 8.78 Å². The van der Waals surface area contributed by atoms with Crippen LogP contribution >= 0.6 is 21.6 Å². The Labute approximate surface area is 278 Å². The second-order valence-electron chi connectivity index (χ2n) is 13.8. The fraction of sp³-hybridized carbons (Fsp3) is 0.529. The third-order valence-corrected chi connectivity index (χ3v) is 8.48. The van der Waals surface area contributed by atoms with Crippen molar-refractivity contribution in [1.29, 1.82) is 0 Å². The fourth-order valence-corrected chi connectivity index (χ4v) is 6.50. The van der Waals surface area contributed by atoms with Gasteiger partial charge in [-0.15, -0.1) is 0 Å². The van der Waals surface area contributed by atoms with Crippen molar-refractivity contribution in [3.05, 3.63) is 59.2 Å². The molecule has 0 aliphatic rings. The van der Waals surface area contributed by atoms with E-state index >= 15 is 0 Å². The predicted molar refractivity (Wildman–Crippen MR) is 178 cm³/mol. The van der Waals surface area contributed by atoms with Gasteiger partial charge in [0.2, 0.25) is 0 Å². The Morgan fingerprint density at radius 1 is 0.652 bits per heavy atom. The van der Waals surface area contributed by atoms with Gasteiger partial charge in [-0.1, -0.05) is 49.3 Å². The van der Waals surface area contributed by atoms with E-state index in [1.165, 1.54) is 24.3 Å². The highest BCUT2D eigenvalue weighted by molar-refractivity contribution is 8.76. The lowest BCUT2D eigenvalue weighted by atomic mass is 10.0. The summed E-state index contributed by atoms with van der Waals surface area (Å²) >= 11 is 0. The Morgan fingerprint density at radius 2 is 0.978 bits per heavy atom. The zero-order chi connectivity index (χ0) is 35.0. The molecule has 12 heteroatoms. The maximum atomic E-state index is 14.4. The third kappa shape index (κ3) is 13.3. The molecule has 0 fully saturated rings. The minimum atomic E-state index is -0.961. The normalized spacial score (nSPS) is 13.3. The Morgan fingerprint density at radius 3 is 1.26 bits per heavy atom. The molecule has 2 aromatic rings. The topological polar surface area (TPSA) is 111 Å². The number of carbonyl (C=O) groups is 4. The van der Waals surface area contributed by atoms with Crippen molar-refractivity contribution in [3.8, 4) is 0 Å². The molecular weight excluding hydrogens is 635 g/mol. The Balaban J connectivity index is 2.34. The van der Waals surface area contributed by atoms with Gasteiger partial charge in [-0.3, -0.25) is 9.59 Å². The molecule has 2 aromatic carbocycles. The van der Waals surface area contributed by atoms with Gasteiger partial charge >= 0.3 is 11.9 Å². The number of hydrogen-bond acceptors (Lipinski definition) is 8. The summed E-state index contributed by atoms with van der Waals surface area (Å²) < 4.78 is 39.7. The average Bonchev–Trinajstić information content (AvgIpc) is 2.89. The maximum Gasteiger partial charge on any atom is 0.329 e. The molecule has 0 bridgehead atoms. The maximum absolute atomic E-state index is 14.4. The third-order valence-electron chi connectivity index (χ3n) is 6.00. The van der Waals surface area contributed by atoms with E-state index in [2.05, 4.69) is 10.6 Å². The molecular formula is C34H46F2N2O6S2. The van der Waals surface area contributed by atoms with E-state index in [0.29, 0.717) is 22.6 Å². The molecule has 0 saturated heterocycles. The summed E-state index contributed by atoms with van der Waals surface area (Å²) in [5.74, 6) is -3.76. The van der Waals surface area contributed by atoms with E-state index in [0.717, 1.165) is 33.7 Å². The number of halogens is 2. The van der Waals surface area contributed by atoms with Gasteiger partial charge in [-0.2, -0.15) is 0 Å². The first-order valence-electron chi connectivity index (χ1n) is 15.2. The second-order valence-corrected chi connectivity index (χ2v) is 16.0. The number of esters is 2. The Bertz CT molecular complexity index is 1300. The van der Waals surface area contributed by atoms with E-state index in [1.807, 2.05) is 27.7 Å². The van der Waals surface area contributed by atoms with Gasteiger partial charge in [0.1, 0.15) is 34.9 Å². The molecule has 46 heavy (non-hydrogen) atoms. The average molecular weight is 681 g/mol. The SMILES string of the molecule is CC(C)CC(NC(=O)c1cc(F)ccc1SSc1ccc(F)cc1C(=O)NC(CC(C)C)C(=O)OC(C)(C)C)C(=O)OC(C)(C)C. The molecule has 0 radical (unpaired) electrons. The molecule has 0 saturated carbocycles. The molecule has 2 atom stereocenters. The number of benzene rings is 2. The van der Waals surface area contributed by atoms with Gasteiger partial charge in [0, 0.05) is 9.79 Å². The minimum Gasteiger partial charge on any atom is -0.458 e. The van der Waals surface area contributed by atoms with Crippen LogP contribution in [0.5, 0.6) is 0 Å². The van der Waals surface area contributed by atoms with Crippen molar-refractivity contribution in [2.75, 3.05) is 0 Å². The van der Waals surface area contributed by atoms with Gasteiger partial charge < -0.3 is 20.1 Å². The monoisotopic (exact) mass is 680 g/mol. The Hall–Kier alpha value is -3.12. The van der Waals surface area contributed by atoms with Crippen molar-refractivity contribution in [2.45, 2.75) is 115 Å². The molecule has 2 N–H and O–H groups in total. The van der Waals surface area contributed by atoms with Crippen LogP contribution in [0.1, 0.15) is 103 Å². The van der Waals surface area contributed by atoms with E-state index in [1.54, 1.807) is 41.5 Å². The summed E-state index contributed by atoms with van der Waals surface area (Å²) in [4.78, 5) is 53.3. The van der Waals surface area contributed by atoms with Crippen LogP contribution in [0.2, 0.25) is 0 Å². The number of hydrogen-bond donors (Lipinski definition) is 2. The molecule has 254 valence electrons. The van der Waals surface area contributed by atoms with Crippen molar-refractivity contribution < 1.29 is 37.4 Å². The highest BCUT2D eigenvalue weighted by Crippen LogP contribution is 2.41. The quantitative estimate of drug-likeness (QED) is 0.163. The first-order chi connectivity index (χ1) is 21.1. The van der Waals surface area contributed by atoms with Gasteiger partial charge in [-0.25, -0.2) is 18.4 Å². The van der Waals surface area contributed by atoms with Crippen LogP contribution in [0.3, 0.4) is 0 Å². The van der Waals surface area contributed by atoms with Crippen LogP contribution in [0.15, 0.2) is 46.2 Å². The van der Waals surface area contributed by atoms with Gasteiger partial charge in [0.25, 0.3) is 11.8 Å². The molecule has 2 rings (SSSR count). The number of nitrogens with one attached hydrogen (secondary N) is 2. The predicted octanol–water partition coefficient (Wildman–Crippen LogP) is 7.74. The first kappa shape index (κ1) is 39.1. The number of amides is 2. The molecule has 0 heterocycles. The lowest BCUT2D eigenvalue weighted by molar-refractivity contribution is -0.158. The van der Waals surface area contributed by atoms with Crippen molar-refractivity contribution in [1.82, 2.24) is 10.6 Å². The summed E-state index contributed by atoms with van der Waals surface area (Å²) in [6.45, 7) is 18.0. The van der Waals surface area contributed by atoms with Gasteiger partial charge in [0.05, 0.1) is 11.1 Å².